The van der Waals surface area contributed by atoms with Crippen molar-refractivity contribution in [2.75, 3.05) is 12.3 Å². The van der Waals surface area contributed by atoms with Crippen LogP contribution in [0.4, 0.5) is 5.95 Å². The smallest absolute Gasteiger partial charge is 0.226 e. The van der Waals surface area contributed by atoms with Gasteiger partial charge in [-0.3, -0.25) is 0 Å². The van der Waals surface area contributed by atoms with Crippen LogP contribution in [-0.4, -0.2) is 16.6 Å². The lowest BCUT2D eigenvalue weighted by Crippen LogP contribution is -2.01. The first-order valence-corrected chi connectivity index (χ1v) is 6.69. The Morgan fingerprint density at radius 2 is 1.71 bits per heavy atom. The van der Waals surface area contributed by atoms with E-state index in [4.69, 9.17) is 10.5 Å². The quantitative estimate of drug-likeness (QED) is 0.794. The highest BCUT2D eigenvalue weighted by Gasteiger charge is 2.05. The number of ether oxygens (including phenoxy) is 1. The van der Waals surface area contributed by atoms with Gasteiger partial charge in [-0.15, -0.1) is 0 Å². The van der Waals surface area contributed by atoms with E-state index in [0.29, 0.717) is 12.5 Å². The van der Waals surface area contributed by atoms with Crippen molar-refractivity contribution in [3.63, 3.8) is 0 Å². The van der Waals surface area contributed by atoms with Crippen molar-refractivity contribution >= 4 is 22.9 Å². The molecule has 1 heterocycles. The standard InChI is InChI=1S/C17H15N3O/c18-17-19-15-11-5-4-10-14(15)16(20-17)21-12-6-9-13-7-2-1-3-8-13/h1-11H,12H2,(H2,18,19,20)/b9-6+. The molecule has 0 aliphatic rings. The number of nitrogens with two attached hydrogens (primary N) is 1. The molecule has 0 aliphatic heterocycles. The number of para-hydroxylation sites is 1. The summed E-state index contributed by atoms with van der Waals surface area (Å²) < 4.78 is 5.70. The highest BCUT2D eigenvalue weighted by molar-refractivity contribution is 5.84. The summed E-state index contributed by atoms with van der Waals surface area (Å²) in [5.41, 5.74) is 7.62. The van der Waals surface area contributed by atoms with Gasteiger partial charge in [-0.1, -0.05) is 48.5 Å². The monoisotopic (exact) mass is 277 g/mol. The zero-order chi connectivity index (χ0) is 14.5. The SMILES string of the molecule is Nc1nc(OC/C=C/c2ccccc2)c2ccccc2n1. The molecule has 3 aromatic rings. The summed E-state index contributed by atoms with van der Waals surface area (Å²) in [6.07, 6.45) is 3.95. The third kappa shape index (κ3) is 3.17. The van der Waals surface area contributed by atoms with E-state index in [2.05, 4.69) is 9.97 Å². The first kappa shape index (κ1) is 13.1. The average Bonchev–Trinajstić information content (AvgIpc) is 2.52. The van der Waals surface area contributed by atoms with E-state index in [1.54, 1.807) is 0 Å². The fourth-order valence-corrected chi connectivity index (χ4v) is 2.05. The van der Waals surface area contributed by atoms with Crippen molar-refractivity contribution < 1.29 is 4.74 Å². The molecule has 0 spiro atoms. The van der Waals surface area contributed by atoms with E-state index in [9.17, 15) is 0 Å². The lowest BCUT2D eigenvalue weighted by Gasteiger charge is -2.06. The summed E-state index contributed by atoms with van der Waals surface area (Å²) in [5, 5.41) is 0.861. The molecule has 104 valence electrons. The van der Waals surface area contributed by atoms with Gasteiger partial charge in [0, 0.05) is 0 Å². The number of anilines is 1. The van der Waals surface area contributed by atoms with Crippen LogP contribution < -0.4 is 10.5 Å². The minimum absolute atomic E-state index is 0.218. The molecule has 0 amide bonds. The first-order chi connectivity index (χ1) is 10.3. The van der Waals surface area contributed by atoms with E-state index in [0.717, 1.165) is 16.5 Å². The maximum atomic E-state index is 5.70. The lowest BCUT2D eigenvalue weighted by atomic mass is 10.2. The Morgan fingerprint density at radius 1 is 0.952 bits per heavy atom. The zero-order valence-electron chi connectivity index (χ0n) is 11.4. The van der Waals surface area contributed by atoms with Crippen molar-refractivity contribution in [3.05, 3.63) is 66.2 Å². The molecule has 2 aromatic carbocycles. The highest BCUT2D eigenvalue weighted by Crippen LogP contribution is 2.22. The number of nitrogen functional groups attached to an aromatic ring is 1. The van der Waals surface area contributed by atoms with Gasteiger partial charge in [0.25, 0.3) is 0 Å². The Labute approximate surface area is 122 Å². The largest absolute Gasteiger partial charge is 0.473 e. The number of nitrogens with zero attached hydrogens (tertiary/aromatic N) is 2. The molecule has 1 aromatic heterocycles. The second kappa shape index (κ2) is 6.05. The van der Waals surface area contributed by atoms with Crippen molar-refractivity contribution in [3.8, 4) is 5.88 Å². The van der Waals surface area contributed by atoms with Gasteiger partial charge >= 0.3 is 0 Å². The van der Waals surface area contributed by atoms with Gasteiger partial charge in [0.1, 0.15) is 6.61 Å². The predicted octanol–water partition coefficient (Wildman–Crippen LogP) is 3.30. The fraction of sp³-hybridized carbons (Fsp3) is 0.0588. The van der Waals surface area contributed by atoms with Crippen LogP contribution in [0.5, 0.6) is 5.88 Å². The molecule has 0 bridgehead atoms. The van der Waals surface area contributed by atoms with Gasteiger partial charge < -0.3 is 10.5 Å². The van der Waals surface area contributed by atoms with Crippen LogP contribution in [0.1, 0.15) is 5.56 Å². The number of fused-ring (bicyclic) bond motifs is 1. The molecule has 4 heteroatoms. The normalized spacial score (nSPS) is 11.0. The van der Waals surface area contributed by atoms with E-state index >= 15 is 0 Å². The molecule has 3 rings (SSSR count). The van der Waals surface area contributed by atoms with Crippen LogP contribution in [0.25, 0.3) is 17.0 Å². The van der Waals surface area contributed by atoms with Crippen LogP contribution in [0, 0.1) is 0 Å². The van der Waals surface area contributed by atoms with Crippen LogP contribution in [0.15, 0.2) is 60.7 Å². The molecule has 0 saturated heterocycles. The van der Waals surface area contributed by atoms with Crippen molar-refractivity contribution in [1.29, 1.82) is 0 Å². The van der Waals surface area contributed by atoms with E-state index in [1.807, 2.05) is 66.7 Å². The van der Waals surface area contributed by atoms with Crippen molar-refractivity contribution in [2.24, 2.45) is 0 Å². The minimum Gasteiger partial charge on any atom is -0.473 e. The maximum absolute atomic E-state index is 5.70. The summed E-state index contributed by atoms with van der Waals surface area (Å²) >= 11 is 0. The van der Waals surface area contributed by atoms with Gasteiger partial charge in [0.15, 0.2) is 0 Å². The van der Waals surface area contributed by atoms with Crippen molar-refractivity contribution in [2.45, 2.75) is 0 Å². The lowest BCUT2D eigenvalue weighted by molar-refractivity contribution is 0.354. The Bertz CT molecular complexity index is 769. The third-order valence-corrected chi connectivity index (χ3v) is 3.01. The molecule has 0 radical (unpaired) electrons. The zero-order valence-corrected chi connectivity index (χ0v) is 11.4. The van der Waals surface area contributed by atoms with Gasteiger partial charge in [0.05, 0.1) is 10.9 Å². The molecule has 0 aliphatic carbocycles. The van der Waals surface area contributed by atoms with Crippen molar-refractivity contribution in [1.82, 2.24) is 9.97 Å². The Morgan fingerprint density at radius 3 is 2.57 bits per heavy atom. The molecule has 2 N–H and O–H groups in total. The highest BCUT2D eigenvalue weighted by atomic mass is 16.5. The van der Waals surface area contributed by atoms with Crippen LogP contribution in [0.3, 0.4) is 0 Å². The number of rotatable bonds is 4. The average molecular weight is 277 g/mol. The second-order valence-corrected chi connectivity index (χ2v) is 4.53. The van der Waals surface area contributed by atoms with E-state index in [-0.39, 0.29) is 5.95 Å². The molecular formula is C17H15N3O. The van der Waals surface area contributed by atoms with Gasteiger partial charge in [-0.25, -0.2) is 4.98 Å². The summed E-state index contributed by atoms with van der Waals surface area (Å²) in [4.78, 5) is 8.34. The maximum Gasteiger partial charge on any atom is 0.226 e. The number of aromatic nitrogens is 2. The second-order valence-electron chi connectivity index (χ2n) is 4.53. The summed E-state index contributed by atoms with van der Waals surface area (Å²) in [6.45, 7) is 0.426. The molecule has 0 saturated carbocycles. The number of hydrogen-bond acceptors (Lipinski definition) is 4. The number of benzene rings is 2. The van der Waals surface area contributed by atoms with E-state index < -0.39 is 0 Å². The van der Waals surface area contributed by atoms with Gasteiger partial charge in [-0.05, 0) is 23.8 Å². The predicted molar refractivity (Wildman–Crippen MR) is 84.9 cm³/mol. The molecule has 4 nitrogen and oxygen atoms in total. The summed E-state index contributed by atoms with van der Waals surface area (Å²) in [5.74, 6) is 0.728. The topological polar surface area (TPSA) is 61.0 Å². The molecule has 21 heavy (non-hydrogen) atoms. The fourth-order valence-electron chi connectivity index (χ4n) is 2.05. The van der Waals surface area contributed by atoms with Gasteiger partial charge in [-0.2, -0.15) is 4.98 Å². The Kier molecular flexibility index (Phi) is 3.78. The molecular weight excluding hydrogens is 262 g/mol. The van der Waals surface area contributed by atoms with Crippen LogP contribution in [0.2, 0.25) is 0 Å². The van der Waals surface area contributed by atoms with E-state index in [1.165, 1.54) is 0 Å². The Balaban J connectivity index is 1.75. The molecule has 0 unspecified atom stereocenters. The first-order valence-electron chi connectivity index (χ1n) is 6.69. The van der Waals surface area contributed by atoms with Gasteiger partial charge in [0.2, 0.25) is 11.8 Å². The number of hydrogen-bond donors (Lipinski definition) is 1. The minimum atomic E-state index is 0.218. The summed E-state index contributed by atoms with van der Waals surface area (Å²) in [6, 6.07) is 17.7. The summed E-state index contributed by atoms with van der Waals surface area (Å²) in [7, 11) is 0. The third-order valence-electron chi connectivity index (χ3n) is 3.01. The van der Waals surface area contributed by atoms with Crippen LogP contribution in [-0.2, 0) is 0 Å². The molecule has 0 fully saturated rings. The Hall–Kier alpha value is -2.88. The molecule has 0 atom stereocenters. The van der Waals surface area contributed by atoms with Crippen LogP contribution >= 0.6 is 0 Å².